The zero-order valence-electron chi connectivity index (χ0n) is 8.02. The third-order valence-electron chi connectivity index (χ3n) is 2.40. The van der Waals surface area contributed by atoms with Gasteiger partial charge in [-0.15, -0.1) is 0 Å². The van der Waals surface area contributed by atoms with Gasteiger partial charge in [0.15, 0.2) is 8.32 Å². The van der Waals surface area contributed by atoms with E-state index in [2.05, 4.69) is 20.0 Å². The predicted octanol–water partition coefficient (Wildman–Crippen LogP) is 3.17. The Balaban J connectivity index is 2.34. The SMILES string of the molecule is CCCC1CCC[Si](C)(C)O1. The Labute approximate surface area is 71.3 Å². The van der Waals surface area contributed by atoms with Gasteiger partial charge in [-0.2, -0.15) is 0 Å². The van der Waals surface area contributed by atoms with Crippen LogP contribution in [0.15, 0.2) is 0 Å². The normalized spacial score (nSPS) is 30.3. The van der Waals surface area contributed by atoms with Gasteiger partial charge in [0.1, 0.15) is 0 Å². The van der Waals surface area contributed by atoms with Crippen LogP contribution in [0.3, 0.4) is 0 Å². The van der Waals surface area contributed by atoms with Gasteiger partial charge in [0.25, 0.3) is 0 Å². The quantitative estimate of drug-likeness (QED) is 0.581. The van der Waals surface area contributed by atoms with Crippen LogP contribution >= 0.6 is 0 Å². The van der Waals surface area contributed by atoms with Crippen molar-refractivity contribution >= 4 is 8.32 Å². The lowest BCUT2D eigenvalue weighted by Gasteiger charge is -2.34. The Kier molecular flexibility index (Phi) is 3.13. The minimum absolute atomic E-state index is 0.607. The molecule has 1 atom stereocenters. The molecule has 2 heteroatoms. The van der Waals surface area contributed by atoms with E-state index in [0.717, 1.165) is 0 Å². The van der Waals surface area contributed by atoms with Gasteiger partial charge in [0.2, 0.25) is 0 Å². The first kappa shape index (κ1) is 9.27. The van der Waals surface area contributed by atoms with Gasteiger partial charge in [-0.05, 0) is 32.0 Å². The van der Waals surface area contributed by atoms with E-state index >= 15 is 0 Å². The first-order valence-electron chi connectivity index (χ1n) is 4.82. The summed E-state index contributed by atoms with van der Waals surface area (Å²) in [5.74, 6) is 0. The maximum absolute atomic E-state index is 6.05. The number of hydrogen-bond donors (Lipinski definition) is 0. The molecule has 1 unspecified atom stereocenters. The van der Waals surface area contributed by atoms with Gasteiger partial charge in [-0.3, -0.25) is 0 Å². The van der Waals surface area contributed by atoms with Crippen molar-refractivity contribution in [3.8, 4) is 0 Å². The predicted molar refractivity (Wildman–Crippen MR) is 51.3 cm³/mol. The van der Waals surface area contributed by atoms with Crippen molar-refractivity contribution in [3.63, 3.8) is 0 Å². The Morgan fingerprint density at radius 3 is 2.73 bits per heavy atom. The number of hydrogen-bond acceptors (Lipinski definition) is 1. The second kappa shape index (κ2) is 3.72. The Bertz CT molecular complexity index is 121. The molecule has 0 aromatic carbocycles. The molecule has 1 saturated heterocycles. The molecule has 0 aliphatic carbocycles. The maximum Gasteiger partial charge on any atom is 0.187 e. The summed E-state index contributed by atoms with van der Waals surface area (Å²) in [7, 11) is -1.19. The van der Waals surface area contributed by atoms with E-state index in [0.29, 0.717) is 6.10 Å². The summed E-state index contributed by atoms with van der Waals surface area (Å²) in [6, 6.07) is 1.37. The van der Waals surface area contributed by atoms with Gasteiger partial charge >= 0.3 is 0 Å². The van der Waals surface area contributed by atoms with Crippen molar-refractivity contribution in [1.82, 2.24) is 0 Å². The van der Waals surface area contributed by atoms with Crippen LogP contribution in [0.2, 0.25) is 19.1 Å². The largest absolute Gasteiger partial charge is 0.414 e. The second-order valence-corrected chi connectivity index (χ2v) is 8.44. The number of rotatable bonds is 2. The summed E-state index contributed by atoms with van der Waals surface area (Å²) in [5.41, 5.74) is 0. The van der Waals surface area contributed by atoms with E-state index < -0.39 is 8.32 Å². The summed E-state index contributed by atoms with van der Waals surface area (Å²) in [4.78, 5) is 0. The molecule has 0 amide bonds. The first-order chi connectivity index (χ1) is 5.14. The second-order valence-electron chi connectivity index (χ2n) is 4.18. The minimum atomic E-state index is -1.19. The van der Waals surface area contributed by atoms with Gasteiger partial charge in [-0.25, -0.2) is 0 Å². The summed E-state index contributed by atoms with van der Waals surface area (Å²) in [6.07, 6.45) is 5.87. The zero-order chi connectivity index (χ0) is 8.32. The van der Waals surface area contributed by atoms with E-state index in [-0.39, 0.29) is 0 Å². The molecule has 0 saturated carbocycles. The topological polar surface area (TPSA) is 9.23 Å². The van der Waals surface area contributed by atoms with E-state index in [1.165, 1.54) is 31.7 Å². The van der Waals surface area contributed by atoms with Crippen LogP contribution in [0.1, 0.15) is 32.6 Å². The van der Waals surface area contributed by atoms with E-state index in [1.54, 1.807) is 0 Å². The first-order valence-corrected chi connectivity index (χ1v) is 7.93. The Morgan fingerprint density at radius 1 is 1.45 bits per heavy atom. The average Bonchev–Trinajstić information content (AvgIpc) is 1.85. The van der Waals surface area contributed by atoms with Crippen LogP contribution in [0.4, 0.5) is 0 Å². The van der Waals surface area contributed by atoms with Crippen LogP contribution in [-0.4, -0.2) is 14.4 Å². The molecule has 1 heterocycles. The molecule has 0 spiro atoms. The van der Waals surface area contributed by atoms with Gasteiger partial charge in [-0.1, -0.05) is 19.8 Å². The highest BCUT2D eigenvalue weighted by molar-refractivity contribution is 6.71. The van der Waals surface area contributed by atoms with Gasteiger partial charge in [0, 0.05) is 6.10 Å². The van der Waals surface area contributed by atoms with Crippen molar-refractivity contribution in [1.29, 1.82) is 0 Å². The lowest BCUT2D eigenvalue weighted by molar-refractivity contribution is 0.150. The molecule has 11 heavy (non-hydrogen) atoms. The molecule has 0 aromatic heterocycles. The lowest BCUT2D eigenvalue weighted by atomic mass is 10.1. The molecule has 1 fully saturated rings. The maximum atomic E-state index is 6.05. The third kappa shape index (κ3) is 2.95. The summed E-state index contributed by atoms with van der Waals surface area (Å²) in [5, 5.41) is 0. The van der Waals surface area contributed by atoms with Crippen molar-refractivity contribution in [3.05, 3.63) is 0 Å². The smallest absolute Gasteiger partial charge is 0.187 e. The highest BCUT2D eigenvalue weighted by Gasteiger charge is 2.30. The van der Waals surface area contributed by atoms with Crippen LogP contribution in [0.5, 0.6) is 0 Å². The van der Waals surface area contributed by atoms with Crippen LogP contribution in [0, 0.1) is 0 Å². The van der Waals surface area contributed by atoms with E-state index in [9.17, 15) is 0 Å². The molecule has 1 nitrogen and oxygen atoms in total. The monoisotopic (exact) mass is 172 g/mol. The lowest BCUT2D eigenvalue weighted by Crippen LogP contribution is -2.39. The fourth-order valence-electron chi connectivity index (χ4n) is 1.85. The average molecular weight is 172 g/mol. The highest BCUT2D eigenvalue weighted by Crippen LogP contribution is 2.27. The molecule has 1 aliphatic rings. The van der Waals surface area contributed by atoms with Crippen molar-refractivity contribution in [2.24, 2.45) is 0 Å². The third-order valence-corrected chi connectivity index (χ3v) is 4.93. The summed E-state index contributed by atoms with van der Waals surface area (Å²) < 4.78 is 6.05. The van der Waals surface area contributed by atoms with Gasteiger partial charge < -0.3 is 4.43 Å². The van der Waals surface area contributed by atoms with Crippen molar-refractivity contribution in [2.75, 3.05) is 0 Å². The molecule has 0 N–H and O–H groups in total. The molecule has 0 bridgehead atoms. The van der Waals surface area contributed by atoms with Crippen LogP contribution < -0.4 is 0 Å². The summed E-state index contributed by atoms with van der Waals surface area (Å²) in [6.45, 7) is 6.93. The molecular weight excluding hydrogens is 152 g/mol. The molecule has 66 valence electrons. The molecule has 1 aliphatic heterocycles. The van der Waals surface area contributed by atoms with Crippen LogP contribution in [0.25, 0.3) is 0 Å². The molecule has 0 aromatic rings. The molecular formula is C9H20OSi. The Hall–Kier alpha value is 0.177. The van der Waals surface area contributed by atoms with E-state index in [4.69, 9.17) is 4.43 Å². The molecule has 0 radical (unpaired) electrons. The fourth-order valence-corrected chi connectivity index (χ4v) is 4.16. The standard InChI is InChI=1S/C9H20OSi/c1-4-6-9-7-5-8-11(2,3)10-9/h9H,4-8H2,1-3H3. The minimum Gasteiger partial charge on any atom is -0.414 e. The van der Waals surface area contributed by atoms with Crippen molar-refractivity contribution in [2.45, 2.75) is 57.8 Å². The zero-order valence-corrected chi connectivity index (χ0v) is 9.02. The highest BCUT2D eigenvalue weighted by atomic mass is 28.4. The van der Waals surface area contributed by atoms with Crippen molar-refractivity contribution < 1.29 is 4.43 Å². The Morgan fingerprint density at radius 2 is 2.18 bits per heavy atom. The van der Waals surface area contributed by atoms with Gasteiger partial charge in [0.05, 0.1) is 0 Å². The fraction of sp³-hybridized carbons (Fsp3) is 1.00. The summed E-state index contributed by atoms with van der Waals surface area (Å²) >= 11 is 0. The molecule has 1 rings (SSSR count). The van der Waals surface area contributed by atoms with Crippen LogP contribution in [-0.2, 0) is 4.43 Å². The van der Waals surface area contributed by atoms with E-state index in [1.807, 2.05) is 0 Å².